The fourth-order valence-corrected chi connectivity index (χ4v) is 6.26. The average molecular weight is 555 g/mol. The molecule has 0 aromatic heterocycles. The molecule has 3 aromatic rings. The van der Waals surface area contributed by atoms with Crippen LogP contribution in [0.5, 0.6) is 0 Å². The van der Waals surface area contributed by atoms with Crippen molar-refractivity contribution in [1.82, 2.24) is 10.2 Å². The van der Waals surface area contributed by atoms with Crippen molar-refractivity contribution >= 4 is 35.0 Å². The molecule has 0 bridgehead atoms. The summed E-state index contributed by atoms with van der Waals surface area (Å²) < 4.78 is 13.3. The van der Waals surface area contributed by atoms with Gasteiger partial charge >= 0.3 is 0 Å². The average Bonchev–Trinajstić information content (AvgIpc) is 2.90. The highest BCUT2D eigenvalue weighted by molar-refractivity contribution is 6.35. The highest BCUT2D eigenvalue weighted by atomic mass is 35.5. The number of rotatable bonds is 6. The van der Waals surface area contributed by atoms with E-state index in [1.54, 1.807) is 42.5 Å². The fourth-order valence-electron chi connectivity index (χ4n) is 5.73. The third-order valence-electron chi connectivity index (χ3n) is 7.63. The molecule has 0 saturated heterocycles. The predicted molar refractivity (Wildman–Crippen MR) is 146 cm³/mol. The normalized spacial score (nSPS) is 23.2. The molecule has 1 heterocycles. The molecule has 1 aliphatic carbocycles. The molecule has 5 nitrogen and oxygen atoms in total. The van der Waals surface area contributed by atoms with E-state index in [9.17, 15) is 19.1 Å². The first-order valence-corrected chi connectivity index (χ1v) is 13.7. The van der Waals surface area contributed by atoms with Crippen LogP contribution in [-0.4, -0.2) is 40.5 Å². The van der Waals surface area contributed by atoms with Gasteiger partial charge in [-0.2, -0.15) is 0 Å². The second-order valence-corrected chi connectivity index (χ2v) is 10.9. The third-order valence-corrected chi connectivity index (χ3v) is 8.19. The Bertz CT molecular complexity index is 1330. The molecule has 2 aliphatic rings. The van der Waals surface area contributed by atoms with Crippen molar-refractivity contribution in [3.05, 3.63) is 105 Å². The molecular formula is C30H29Cl2FN2O3. The second kappa shape index (κ2) is 11.4. The van der Waals surface area contributed by atoms with Crippen LogP contribution in [0, 0.1) is 5.82 Å². The lowest BCUT2D eigenvalue weighted by atomic mass is 9.77. The Morgan fingerprint density at radius 3 is 2.39 bits per heavy atom. The van der Waals surface area contributed by atoms with Gasteiger partial charge in [-0.3, -0.25) is 9.59 Å². The van der Waals surface area contributed by atoms with E-state index >= 15 is 0 Å². The van der Waals surface area contributed by atoms with Crippen LogP contribution in [0.3, 0.4) is 0 Å². The summed E-state index contributed by atoms with van der Waals surface area (Å²) in [5.74, 6) is -1.38. The Hall–Kier alpha value is -2.93. The Kier molecular flexibility index (Phi) is 8.03. The largest absolute Gasteiger partial charge is 0.393 e. The summed E-state index contributed by atoms with van der Waals surface area (Å²) in [6, 6.07) is 17.8. The number of benzene rings is 3. The topological polar surface area (TPSA) is 69.6 Å². The van der Waals surface area contributed by atoms with Crippen LogP contribution in [-0.2, 0) is 11.2 Å². The molecule has 5 rings (SSSR count). The number of aliphatic hydroxyl groups is 1. The van der Waals surface area contributed by atoms with Crippen LogP contribution in [0.2, 0.25) is 10.0 Å². The SMILES string of the molecule is O=C(NCCc1ccc(F)cc1)[C@@H]1c2ccccc2C(=O)N(C2CCC(O)CC2)[C@H]1c1ccc(Cl)cc1Cl. The third kappa shape index (κ3) is 5.44. The molecule has 3 aromatic carbocycles. The number of halogens is 3. The van der Waals surface area contributed by atoms with Gasteiger partial charge in [0.2, 0.25) is 5.91 Å². The molecule has 198 valence electrons. The van der Waals surface area contributed by atoms with Crippen LogP contribution in [0.4, 0.5) is 4.39 Å². The minimum Gasteiger partial charge on any atom is -0.393 e. The van der Waals surface area contributed by atoms with E-state index < -0.39 is 12.0 Å². The van der Waals surface area contributed by atoms with E-state index in [0.29, 0.717) is 65.4 Å². The van der Waals surface area contributed by atoms with Gasteiger partial charge in [0, 0.05) is 28.2 Å². The van der Waals surface area contributed by atoms with E-state index in [2.05, 4.69) is 5.32 Å². The van der Waals surface area contributed by atoms with Gasteiger partial charge in [-0.25, -0.2) is 4.39 Å². The van der Waals surface area contributed by atoms with Gasteiger partial charge in [0.1, 0.15) is 5.82 Å². The quantitative estimate of drug-likeness (QED) is 0.388. The monoisotopic (exact) mass is 554 g/mol. The number of carbonyl (C=O) groups excluding carboxylic acids is 2. The summed E-state index contributed by atoms with van der Waals surface area (Å²) >= 11 is 12.9. The van der Waals surface area contributed by atoms with E-state index in [4.69, 9.17) is 23.2 Å². The van der Waals surface area contributed by atoms with Gasteiger partial charge in [-0.05, 0) is 79.1 Å². The van der Waals surface area contributed by atoms with Crippen LogP contribution in [0.1, 0.15) is 64.7 Å². The lowest BCUT2D eigenvalue weighted by Crippen LogP contribution is -2.52. The van der Waals surface area contributed by atoms with Crippen molar-refractivity contribution in [1.29, 1.82) is 0 Å². The van der Waals surface area contributed by atoms with Crippen molar-refractivity contribution in [2.45, 2.75) is 56.2 Å². The second-order valence-electron chi connectivity index (χ2n) is 10.0. The minimum absolute atomic E-state index is 0.145. The highest BCUT2D eigenvalue weighted by Crippen LogP contribution is 2.47. The lowest BCUT2D eigenvalue weighted by Gasteiger charge is -2.47. The van der Waals surface area contributed by atoms with Crippen LogP contribution in [0.25, 0.3) is 0 Å². The van der Waals surface area contributed by atoms with Gasteiger partial charge < -0.3 is 15.3 Å². The van der Waals surface area contributed by atoms with Crippen LogP contribution >= 0.6 is 23.2 Å². The zero-order chi connectivity index (χ0) is 26.8. The molecule has 38 heavy (non-hydrogen) atoms. The Labute approximate surface area is 231 Å². The number of amides is 2. The van der Waals surface area contributed by atoms with E-state index in [1.807, 2.05) is 17.0 Å². The smallest absolute Gasteiger partial charge is 0.254 e. The predicted octanol–water partition coefficient (Wildman–Crippen LogP) is 6.08. The number of nitrogens with zero attached hydrogens (tertiary/aromatic N) is 1. The molecule has 1 fully saturated rings. The molecule has 2 N–H and O–H groups in total. The first-order valence-electron chi connectivity index (χ1n) is 12.9. The first-order chi connectivity index (χ1) is 18.3. The highest BCUT2D eigenvalue weighted by Gasteiger charge is 2.47. The Balaban J connectivity index is 1.53. The van der Waals surface area contributed by atoms with Gasteiger partial charge in [0.05, 0.1) is 18.1 Å². The summed E-state index contributed by atoms with van der Waals surface area (Å²) in [6.45, 7) is 0.355. The maximum atomic E-state index is 14.0. The number of fused-ring (bicyclic) bond motifs is 1. The summed E-state index contributed by atoms with van der Waals surface area (Å²) in [4.78, 5) is 29.7. The maximum absolute atomic E-state index is 14.0. The number of nitrogens with one attached hydrogen (secondary N) is 1. The molecular weight excluding hydrogens is 526 g/mol. The molecule has 1 aliphatic heterocycles. The van der Waals surface area contributed by atoms with Gasteiger partial charge in [-0.15, -0.1) is 0 Å². The molecule has 0 radical (unpaired) electrons. The van der Waals surface area contributed by atoms with Crippen molar-refractivity contribution < 1.29 is 19.1 Å². The zero-order valence-corrected chi connectivity index (χ0v) is 22.3. The molecule has 2 atom stereocenters. The fraction of sp³-hybridized carbons (Fsp3) is 0.333. The van der Waals surface area contributed by atoms with Crippen molar-refractivity contribution in [3.8, 4) is 0 Å². The van der Waals surface area contributed by atoms with Gasteiger partial charge in [0.25, 0.3) is 5.91 Å². The van der Waals surface area contributed by atoms with Crippen LogP contribution < -0.4 is 5.32 Å². The van der Waals surface area contributed by atoms with Crippen molar-refractivity contribution in [2.75, 3.05) is 6.54 Å². The zero-order valence-electron chi connectivity index (χ0n) is 20.7. The van der Waals surface area contributed by atoms with Gasteiger partial charge in [0.15, 0.2) is 0 Å². The van der Waals surface area contributed by atoms with Gasteiger partial charge in [-0.1, -0.05) is 59.6 Å². The number of aliphatic hydroxyl groups excluding tert-OH is 1. The number of carbonyl (C=O) groups is 2. The van der Waals surface area contributed by atoms with Crippen LogP contribution in [0.15, 0.2) is 66.7 Å². The van der Waals surface area contributed by atoms with E-state index in [1.165, 1.54) is 12.1 Å². The first kappa shape index (κ1) is 26.7. The minimum atomic E-state index is -0.706. The van der Waals surface area contributed by atoms with Crippen molar-refractivity contribution in [3.63, 3.8) is 0 Å². The molecule has 8 heteroatoms. The van der Waals surface area contributed by atoms with Crippen molar-refractivity contribution in [2.24, 2.45) is 0 Å². The summed E-state index contributed by atoms with van der Waals surface area (Å²) in [6.07, 6.45) is 2.60. The summed E-state index contributed by atoms with van der Waals surface area (Å²) in [7, 11) is 0. The Morgan fingerprint density at radius 2 is 1.68 bits per heavy atom. The lowest BCUT2D eigenvalue weighted by molar-refractivity contribution is -0.124. The Morgan fingerprint density at radius 1 is 0.974 bits per heavy atom. The molecule has 1 saturated carbocycles. The summed E-state index contributed by atoms with van der Waals surface area (Å²) in [5.41, 5.74) is 2.72. The van der Waals surface area contributed by atoms with E-state index in [0.717, 1.165) is 5.56 Å². The summed E-state index contributed by atoms with van der Waals surface area (Å²) in [5, 5.41) is 14.0. The maximum Gasteiger partial charge on any atom is 0.254 e. The molecule has 0 spiro atoms. The molecule has 2 amide bonds. The van der Waals surface area contributed by atoms with E-state index in [-0.39, 0.29) is 29.8 Å². The number of hydrogen-bond donors (Lipinski definition) is 2. The standard InChI is InChI=1S/C30H29Cl2FN2O3/c31-19-7-14-25(26(32)17-19)28-27(29(37)34-16-15-18-5-8-20(33)9-6-18)23-3-1-2-4-24(23)30(38)35(28)21-10-12-22(36)13-11-21/h1-9,14,17,21-22,27-28,36H,10-13,15-16H2,(H,34,37)/t21?,22?,27-,28+/m1/s1. The molecule has 0 unspecified atom stereocenters. The number of hydrogen-bond acceptors (Lipinski definition) is 3.